The number of methoxy groups -OCH3 is 2. The number of rotatable bonds is 3. The van der Waals surface area contributed by atoms with Gasteiger partial charge in [0.05, 0.1) is 24.7 Å². The third-order valence-electron chi connectivity index (χ3n) is 3.36. The van der Waals surface area contributed by atoms with E-state index in [0.29, 0.717) is 5.56 Å². The molecule has 0 aliphatic heterocycles. The van der Waals surface area contributed by atoms with Crippen LogP contribution in [0.2, 0.25) is 0 Å². The molecule has 0 fully saturated rings. The zero-order valence-corrected chi connectivity index (χ0v) is 12.5. The second-order valence-electron chi connectivity index (χ2n) is 4.51. The molecule has 0 N–H and O–H groups in total. The van der Waals surface area contributed by atoms with Gasteiger partial charge in [-0.25, -0.2) is 0 Å². The van der Waals surface area contributed by atoms with E-state index in [1.807, 2.05) is 42.5 Å². The van der Waals surface area contributed by atoms with Crippen LogP contribution in [0.5, 0.6) is 11.5 Å². The van der Waals surface area contributed by atoms with E-state index in [2.05, 4.69) is 6.07 Å². The minimum absolute atomic E-state index is 0.711. The Hall–Kier alpha value is -2.51. The summed E-state index contributed by atoms with van der Waals surface area (Å²) < 4.78 is 11.5. The Morgan fingerprint density at radius 1 is 0.952 bits per heavy atom. The summed E-state index contributed by atoms with van der Waals surface area (Å²) in [6, 6.07) is 15.9. The monoisotopic (exact) mass is 295 g/mol. The van der Waals surface area contributed by atoms with E-state index in [1.54, 1.807) is 25.6 Å². The molecule has 0 aliphatic carbocycles. The van der Waals surface area contributed by atoms with Crippen LogP contribution in [-0.4, -0.2) is 14.2 Å². The average Bonchev–Trinajstić information content (AvgIpc) is 2.92. The molecule has 1 heterocycles. The predicted octanol–water partition coefficient (Wildman–Crippen LogP) is 4.46. The lowest BCUT2D eigenvalue weighted by molar-refractivity contribution is 0.415. The molecule has 0 saturated heterocycles. The lowest BCUT2D eigenvalue weighted by Crippen LogP contribution is -1.83. The van der Waals surface area contributed by atoms with Crippen molar-refractivity contribution in [3.8, 4) is 28.0 Å². The van der Waals surface area contributed by atoms with Crippen LogP contribution in [0, 0.1) is 11.3 Å². The molecule has 3 aromatic rings. The van der Waals surface area contributed by atoms with Gasteiger partial charge in [0.25, 0.3) is 0 Å². The van der Waals surface area contributed by atoms with Gasteiger partial charge in [-0.3, -0.25) is 0 Å². The Bertz CT molecular complexity index is 828. The van der Waals surface area contributed by atoms with E-state index >= 15 is 0 Å². The van der Waals surface area contributed by atoms with Crippen molar-refractivity contribution >= 4 is 21.4 Å². The zero-order chi connectivity index (χ0) is 14.8. The number of ether oxygens (including phenoxy) is 2. The highest BCUT2D eigenvalue weighted by atomic mass is 32.1. The van der Waals surface area contributed by atoms with Crippen molar-refractivity contribution in [3.63, 3.8) is 0 Å². The summed E-state index contributed by atoms with van der Waals surface area (Å²) in [4.78, 5) is 0.975. The summed E-state index contributed by atoms with van der Waals surface area (Å²) in [5.74, 6) is 1.61. The van der Waals surface area contributed by atoms with Crippen LogP contribution < -0.4 is 9.47 Å². The van der Waals surface area contributed by atoms with Crippen molar-refractivity contribution in [1.82, 2.24) is 0 Å². The molecule has 1 aromatic heterocycles. The van der Waals surface area contributed by atoms with E-state index in [0.717, 1.165) is 32.0 Å². The predicted molar refractivity (Wildman–Crippen MR) is 85.1 cm³/mol. The molecule has 104 valence electrons. The van der Waals surface area contributed by atoms with Gasteiger partial charge in [-0.05, 0) is 48.0 Å². The van der Waals surface area contributed by atoms with Crippen molar-refractivity contribution in [1.29, 1.82) is 5.26 Å². The van der Waals surface area contributed by atoms with Crippen LogP contribution >= 0.6 is 11.3 Å². The first-order chi connectivity index (χ1) is 10.3. The van der Waals surface area contributed by atoms with Gasteiger partial charge < -0.3 is 9.47 Å². The Balaban J connectivity index is 2.19. The van der Waals surface area contributed by atoms with Gasteiger partial charge in [0.15, 0.2) is 0 Å². The number of thiophene rings is 1. The summed E-state index contributed by atoms with van der Waals surface area (Å²) >= 11 is 1.60. The van der Waals surface area contributed by atoms with Crippen LogP contribution in [0.3, 0.4) is 0 Å². The van der Waals surface area contributed by atoms with Gasteiger partial charge in [0.2, 0.25) is 0 Å². The van der Waals surface area contributed by atoms with E-state index in [1.165, 1.54) is 0 Å². The van der Waals surface area contributed by atoms with E-state index in [-0.39, 0.29) is 0 Å². The number of benzene rings is 2. The molecule has 0 unspecified atom stereocenters. The number of hydrogen-bond acceptors (Lipinski definition) is 4. The largest absolute Gasteiger partial charge is 0.497 e. The molecular formula is C17H13NO2S. The number of nitriles is 1. The minimum Gasteiger partial charge on any atom is -0.497 e. The van der Waals surface area contributed by atoms with Crippen LogP contribution in [-0.2, 0) is 0 Å². The Labute approximate surface area is 127 Å². The quantitative estimate of drug-likeness (QED) is 0.716. The first kappa shape index (κ1) is 13.5. The third-order valence-corrected chi connectivity index (χ3v) is 4.56. The molecule has 0 spiro atoms. The average molecular weight is 295 g/mol. The molecule has 3 rings (SSSR count). The topological polar surface area (TPSA) is 42.2 Å². The molecule has 0 radical (unpaired) electrons. The second-order valence-corrected chi connectivity index (χ2v) is 5.56. The highest BCUT2D eigenvalue weighted by Gasteiger charge is 2.14. The molecule has 0 aliphatic rings. The minimum atomic E-state index is 0.711. The maximum absolute atomic E-state index is 9.49. The SMILES string of the molecule is COc1ccc(-c2sc3cc(OC)ccc3c2C#N)cc1. The van der Waals surface area contributed by atoms with Gasteiger partial charge >= 0.3 is 0 Å². The summed E-state index contributed by atoms with van der Waals surface area (Å²) in [5.41, 5.74) is 1.73. The lowest BCUT2D eigenvalue weighted by atomic mass is 10.1. The van der Waals surface area contributed by atoms with E-state index < -0.39 is 0 Å². The zero-order valence-electron chi connectivity index (χ0n) is 11.7. The molecular weight excluding hydrogens is 282 g/mol. The molecule has 0 bridgehead atoms. The Morgan fingerprint density at radius 3 is 2.24 bits per heavy atom. The molecule has 21 heavy (non-hydrogen) atoms. The van der Waals surface area contributed by atoms with Crippen molar-refractivity contribution in [2.75, 3.05) is 14.2 Å². The molecule has 0 saturated carbocycles. The van der Waals surface area contributed by atoms with Gasteiger partial charge in [0, 0.05) is 10.1 Å². The lowest BCUT2D eigenvalue weighted by Gasteiger charge is -2.01. The summed E-state index contributed by atoms with van der Waals surface area (Å²) in [6.45, 7) is 0. The van der Waals surface area contributed by atoms with Crippen molar-refractivity contribution in [3.05, 3.63) is 48.0 Å². The normalized spacial score (nSPS) is 10.3. The second kappa shape index (κ2) is 5.47. The van der Waals surface area contributed by atoms with Crippen LogP contribution in [0.1, 0.15) is 5.56 Å². The van der Waals surface area contributed by atoms with Gasteiger partial charge in [0.1, 0.15) is 17.6 Å². The summed E-state index contributed by atoms with van der Waals surface area (Å²) in [5, 5.41) is 10.5. The fourth-order valence-corrected chi connectivity index (χ4v) is 3.45. The fourth-order valence-electron chi connectivity index (χ4n) is 2.26. The standard InChI is InChI=1S/C17H13NO2S/c1-19-12-5-3-11(4-6-12)17-15(10-18)14-8-7-13(20-2)9-16(14)21-17/h3-9H,1-2H3. The smallest absolute Gasteiger partial charge is 0.120 e. The first-order valence-electron chi connectivity index (χ1n) is 6.42. The van der Waals surface area contributed by atoms with Gasteiger partial charge in [-0.2, -0.15) is 5.26 Å². The first-order valence-corrected chi connectivity index (χ1v) is 7.23. The Kier molecular flexibility index (Phi) is 3.51. The van der Waals surface area contributed by atoms with Crippen LogP contribution in [0.4, 0.5) is 0 Å². The van der Waals surface area contributed by atoms with Crippen LogP contribution in [0.15, 0.2) is 42.5 Å². The fraction of sp³-hybridized carbons (Fsp3) is 0.118. The number of nitrogens with zero attached hydrogens (tertiary/aromatic N) is 1. The van der Waals surface area contributed by atoms with Crippen molar-refractivity contribution in [2.24, 2.45) is 0 Å². The van der Waals surface area contributed by atoms with E-state index in [4.69, 9.17) is 9.47 Å². The molecule has 0 amide bonds. The van der Waals surface area contributed by atoms with Gasteiger partial charge in [-0.1, -0.05) is 0 Å². The highest BCUT2D eigenvalue weighted by molar-refractivity contribution is 7.22. The molecule has 4 heteroatoms. The molecule has 2 aromatic carbocycles. The maximum atomic E-state index is 9.49. The number of fused-ring (bicyclic) bond motifs is 1. The van der Waals surface area contributed by atoms with E-state index in [9.17, 15) is 5.26 Å². The van der Waals surface area contributed by atoms with Crippen molar-refractivity contribution in [2.45, 2.75) is 0 Å². The maximum Gasteiger partial charge on any atom is 0.120 e. The van der Waals surface area contributed by atoms with Crippen molar-refractivity contribution < 1.29 is 9.47 Å². The Morgan fingerprint density at radius 2 is 1.62 bits per heavy atom. The van der Waals surface area contributed by atoms with Crippen LogP contribution in [0.25, 0.3) is 20.5 Å². The summed E-state index contributed by atoms with van der Waals surface area (Å²) in [7, 11) is 3.28. The highest BCUT2D eigenvalue weighted by Crippen LogP contribution is 2.39. The molecule has 0 atom stereocenters. The summed E-state index contributed by atoms with van der Waals surface area (Å²) in [6.07, 6.45) is 0. The van der Waals surface area contributed by atoms with Gasteiger partial charge in [-0.15, -0.1) is 11.3 Å². The molecule has 3 nitrogen and oxygen atoms in total. The number of hydrogen-bond donors (Lipinski definition) is 0. The third kappa shape index (κ3) is 2.32.